The van der Waals surface area contributed by atoms with Crippen LogP contribution >= 0.6 is 0 Å². The molecular formula is C14H20N2O2. The summed E-state index contributed by atoms with van der Waals surface area (Å²) in [5.41, 5.74) is 6.97. The van der Waals surface area contributed by atoms with E-state index in [9.17, 15) is 4.79 Å². The van der Waals surface area contributed by atoms with Crippen LogP contribution < -0.4 is 10.5 Å². The molecule has 4 heteroatoms. The quantitative estimate of drug-likeness (QED) is 0.877. The highest BCUT2D eigenvalue weighted by Crippen LogP contribution is 2.15. The standard InChI is InChI=1S/C14H20N2O2/c1-10-3-5-13(6-4-10)18-11(2)14(17)16-8-7-12(15)9-16/h3-6,11-12H,7-9,15H2,1-2H3/t11?,12-/m1/s1. The highest BCUT2D eigenvalue weighted by molar-refractivity contribution is 5.81. The molecule has 0 bridgehead atoms. The Labute approximate surface area is 108 Å². The van der Waals surface area contributed by atoms with E-state index in [1.54, 1.807) is 11.8 Å². The summed E-state index contributed by atoms with van der Waals surface area (Å²) in [6, 6.07) is 7.82. The van der Waals surface area contributed by atoms with Gasteiger partial charge in [0.05, 0.1) is 0 Å². The summed E-state index contributed by atoms with van der Waals surface area (Å²) in [4.78, 5) is 13.9. The average Bonchev–Trinajstić information content (AvgIpc) is 2.78. The third-order valence-corrected chi connectivity index (χ3v) is 3.22. The second-order valence-corrected chi connectivity index (χ2v) is 4.91. The van der Waals surface area contributed by atoms with Crippen LogP contribution in [-0.4, -0.2) is 36.0 Å². The van der Waals surface area contributed by atoms with Gasteiger partial charge in [-0.15, -0.1) is 0 Å². The van der Waals surface area contributed by atoms with Gasteiger partial charge in [-0.2, -0.15) is 0 Å². The number of ether oxygens (including phenoxy) is 1. The van der Waals surface area contributed by atoms with Crippen LogP contribution in [0, 0.1) is 6.92 Å². The van der Waals surface area contributed by atoms with Crippen molar-refractivity contribution in [1.29, 1.82) is 0 Å². The van der Waals surface area contributed by atoms with E-state index >= 15 is 0 Å². The summed E-state index contributed by atoms with van der Waals surface area (Å²) in [6.07, 6.45) is 0.418. The number of nitrogens with zero attached hydrogens (tertiary/aromatic N) is 1. The van der Waals surface area contributed by atoms with E-state index in [1.807, 2.05) is 31.2 Å². The van der Waals surface area contributed by atoms with Crippen LogP contribution in [0.3, 0.4) is 0 Å². The third kappa shape index (κ3) is 3.01. The molecule has 1 fully saturated rings. The van der Waals surface area contributed by atoms with E-state index < -0.39 is 6.10 Å². The summed E-state index contributed by atoms with van der Waals surface area (Å²) in [5.74, 6) is 0.744. The molecule has 0 radical (unpaired) electrons. The summed E-state index contributed by atoms with van der Waals surface area (Å²) >= 11 is 0. The van der Waals surface area contributed by atoms with Gasteiger partial charge in [0, 0.05) is 19.1 Å². The summed E-state index contributed by atoms with van der Waals surface area (Å²) < 4.78 is 5.65. The van der Waals surface area contributed by atoms with Crippen LogP contribution in [0.4, 0.5) is 0 Å². The Morgan fingerprint density at radius 1 is 1.44 bits per heavy atom. The van der Waals surface area contributed by atoms with Gasteiger partial charge < -0.3 is 15.4 Å². The van der Waals surface area contributed by atoms with Crippen molar-refractivity contribution in [3.8, 4) is 5.75 Å². The van der Waals surface area contributed by atoms with Crippen LogP contribution in [0.1, 0.15) is 18.9 Å². The van der Waals surface area contributed by atoms with E-state index in [0.717, 1.165) is 18.7 Å². The number of nitrogens with two attached hydrogens (primary N) is 1. The Morgan fingerprint density at radius 2 is 2.11 bits per heavy atom. The molecule has 2 rings (SSSR count). The monoisotopic (exact) mass is 248 g/mol. The van der Waals surface area contributed by atoms with Gasteiger partial charge in [0.15, 0.2) is 6.10 Å². The molecule has 0 spiro atoms. The number of hydrogen-bond acceptors (Lipinski definition) is 3. The first-order valence-electron chi connectivity index (χ1n) is 6.34. The highest BCUT2D eigenvalue weighted by Gasteiger charge is 2.27. The molecule has 1 unspecified atom stereocenters. The van der Waals surface area contributed by atoms with Crippen LogP contribution in [0.25, 0.3) is 0 Å². The van der Waals surface area contributed by atoms with E-state index in [-0.39, 0.29) is 11.9 Å². The van der Waals surface area contributed by atoms with E-state index in [2.05, 4.69) is 0 Å². The SMILES string of the molecule is Cc1ccc(OC(C)C(=O)N2CC[C@@H](N)C2)cc1. The minimum Gasteiger partial charge on any atom is -0.481 e. The molecule has 98 valence electrons. The van der Waals surface area contributed by atoms with Crippen molar-refractivity contribution in [1.82, 2.24) is 4.90 Å². The summed E-state index contributed by atoms with van der Waals surface area (Å²) in [7, 11) is 0. The fourth-order valence-corrected chi connectivity index (χ4v) is 2.12. The van der Waals surface area contributed by atoms with Crippen LogP contribution in [0.5, 0.6) is 5.75 Å². The lowest BCUT2D eigenvalue weighted by Crippen LogP contribution is -2.40. The van der Waals surface area contributed by atoms with Crippen molar-refractivity contribution < 1.29 is 9.53 Å². The number of benzene rings is 1. The molecule has 4 nitrogen and oxygen atoms in total. The maximum absolute atomic E-state index is 12.1. The average molecular weight is 248 g/mol. The first-order chi connectivity index (χ1) is 8.56. The second kappa shape index (κ2) is 5.40. The van der Waals surface area contributed by atoms with Gasteiger partial charge in [0.2, 0.25) is 0 Å². The number of rotatable bonds is 3. The molecule has 2 atom stereocenters. The maximum Gasteiger partial charge on any atom is 0.263 e. The topological polar surface area (TPSA) is 55.6 Å². The molecule has 18 heavy (non-hydrogen) atoms. The predicted octanol–water partition coefficient (Wildman–Crippen LogP) is 1.32. The number of carbonyl (C=O) groups excluding carboxylic acids is 1. The smallest absolute Gasteiger partial charge is 0.263 e. The first-order valence-corrected chi connectivity index (χ1v) is 6.34. The Morgan fingerprint density at radius 3 is 2.67 bits per heavy atom. The molecular weight excluding hydrogens is 228 g/mol. The molecule has 2 N–H and O–H groups in total. The molecule has 1 aromatic rings. The zero-order chi connectivity index (χ0) is 13.1. The number of likely N-dealkylation sites (tertiary alicyclic amines) is 1. The molecule has 1 aliphatic heterocycles. The lowest BCUT2D eigenvalue weighted by atomic mass is 10.2. The van der Waals surface area contributed by atoms with Crippen LogP contribution in [0.2, 0.25) is 0 Å². The van der Waals surface area contributed by atoms with Crippen molar-refractivity contribution in [2.75, 3.05) is 13.1 Å². The molecule has 1 heterocycles. The molecule has 1 aromatic carbocycles. The fraction of sp³-hybridized carbons (Fsp3) is 0.500. The highest BCUT2D eigenvalue weighted by atomic mass is 16.5. The van der Waals surface area contributed by atoms with Crippen molar-refractivity contribution in [2.24, 2.45) is 5.73 Å². The molecule has 0 aliphatic carbocycles. The van der Waals surface area contributed by atoms with Gasteiger partial charge >= 0.3 is 0 Å². The third-order valence-electron chi connectivity index (χ3n) is 3.22. The van der Waals surface area contributed by atoms with E-state index in [4.69, 9.17) is 10.5 Å². The minimum atomic E-state index is -0.460. The second-order valence-electron chi connectivity index (χ2n) is 4.91. The minimum absolute atomic E-state index is 0.0172. The van der Waals surface area contributed by atoms with Crippen LogP contribution in [-0.2, 0) is 4.79 Å². The maximum atomic E-state index is 12.1. The Bertz CT molecular complexity index is 416. The Hall–Kier alpha value is -1.55. The van der Waals surface area contributed by atoms with Crippen molar-refractivity contribution in [3.63, 3.8) is 0 Å². The molecule has 0 saturated carbocycles. The predicted molar refractivity (Wildman–Crippen MR) is 70.4 cm³/mol. The van der Waals surface area contributed by atoms with Gasteiger partial charge in [-0.25, -0.2) is 0 Å². The van der Waals surface area contributed by atoms with Crippen molar-refractivity contribution in [3.05, 3.63) is 29.8 Å². The summed E-state index contributed by atoms with van der Waals surface area (Å²) in [5, 5.41) is 0. The number of amides is 1. The van der Waals surface area contributed by atoms with E-state index in [1.165, 1.54) is 5.56 Å². The Balaban J connectivity index is 1.93. The van der Waals surface area contributed by atoms with Gasteiger partial charge in [0.1, 0.15) is 5.75 Å². The van der Waals surface area contributed by atoms with Gasteiger partial charge in [-0.1, -0.05) is 17.7 Å². The normalized spacial score (nSPS) is 20.8. The summed E-state index contributed by atoms with van der Waals surface area (Å²) in [6.45, 7) is 5.18. The molecule has 1 amide bonds. The van der Waals surface area contributed by atoms with Crippen molar-refractivity contribution in [2.45, 2.75) is 32.4 Å². The number of carbonyl (C=O) groups is 1. The van der Waals surface area contributed by atoms with Crippen molar-refractivity contribution >= 4 is 5.91 Å². The molecule has 1 aliphatic rings. The largest absolute Gasteiger partial charge is 0.481 e. The molecule has 0 aromatic heterocycles. The number of hydrogen-bond donors (Lipinski definition) is 1. The first kappa shape index (κ1) is 12.9. The van der Waals surface area contributed by atoms with Gasteiger partial charge in [0.25, 0.3) is 5.91 Å². The van der Waals surface area contributed by atoms with E-state index in [0.29, 0.717) is 6.54 Å². The Kier molecular flexibility index (Phi) is 3.87. The van der Waals surface area contributed by atoms with Gasteiger partial charge in [-0.3, -0.25) is 4.79 Å². The lowest BCUT2D eigenvalue weighted by molar-refractivity contribution is -0.136. The number of aryl methyl sites for hydroxylation is 1. The lowest BCUT2D eigenvalue weighted by Gasteiger charge is -2.21. The van der Waals surface area contributed by atoms with Gasteiger partial charge in [-0.05, 0) is 32.4 Å². The zero-order valence-electron chi connectivity index (χ0n) is 10.9. The van der Waals surface area contributed by atoms with Crippen LogP contribution in [0.15, 0.2) is 24.3 Å². The fourth-order valence-electron chi connectivity index (χ4n) is 2.12. The molecule has 1 saturated heterocycles. The zero-order valence-corrected chi connectivity index (χ0v) is 10.9.